The van der Waals surface area contributed by atoms with Crippen molar-refractivity contribution in [2.75, 3.05) is 69.2 Å². The number of hydrogen-bond acceptors (Lipinski definition) is 6. The highest BCUT2D eigenvalue weighted by molar-refractivity contribution is 5.77. The summed E-state index contributed by atoms with van der Waals surface area (Å²) >= 11 is 0. The molecule has 0 unspecified atom stereocenters. The van der Waals surface area contributed by atoms with Crippen LogP contribution in [0.5, 0.6) is 0 Å². The molecule has 0 N–H and O–H groups in total. The second kappa shape index (κ2) is 7.87. The average Bonchev–Trinajstić information content (AvgIpc) is 2.60. The van der Waals surface area contributed by atoms with E-state index in [0.29, 0.717) is 18.9 Å². The topological polar surface area (TPSA) is 55.8 Å². The van der Waals surface area contributed by atoms with Gasteiger partial charge >= 0.3 is 6.18 Å². The molecule has 1 amide bonds. The number of carbonyl (C=O) groups excluding carboxylic acids is 1. The molecule has 2 fully saturated rings. The van der Waals surface area contributed by atoms with Crippen LogP contribution in [0.3, 0.4) is 0 Å². The van der Waals surface area contributed by atoms with E-state index in [1.165, 1.54) is 4.90 Å². The van der Waals surface area contributed by atoms with Gasteiger partial charge in [0.1, 0.15) is 23.9 Å². The van der Waals surface area contributed by atoms with Gasteiger partial charge in [0.15, 0.2) is 0 Å². The van der Waals surface area contributed by atoms with Crippen LogP contribution in [0.1, 0.15) is 12.2 Å². The van der Waals surface area contributed by atoms with Crippen LogP contribution in [-0.4, -0.2) is 91.3 Å². The molecule has 0 atom stereocenters. The van der Waals surface area contributed by atoms with Crippen LogP contribution in [-0.2, 0) is 4.79 Å². The first kappa shape index (κ1) is 19.7. The first-order valence-corrected chi connectivity index (χ1v) is 9.10. The fraction of sp³-hybridized carbons (Fsp3) is 0.706. The summed E-state index contributed by atoms with van der Waals surface area (Å²) in [5, 5.41) is 0. The fourth-order valence-corrected chi connectivity index (χ4v) is 3.36. The van der Waals surface area contributed by atoms with Crippen LogP contribution >= 0.6 is 0 Å². The number of likely N-dealkylation sites (N-methyl/N-ethyl adjacent to an activating group) is 1. The van der Waals surface area contributed by atoms with Gasteiger partial charge in [-0.1, -0.05) is 0 Å². The Morgan fingerprint density at radius 1 is 0.963 bits per heavy atom. The number of rotatable bonds is 3. The van der Waals surface area contributed by atoms with Crippen LogP contribution in [0.2, 0.25) is 0 Å². The molecule has 2 aliphatic heterocycles. The van der Waals surface area contributed by atoms with E-state index in [1.807, 2.05) is 17.9 Å². The van der Waals surface area contributed by atoms with Crippen LogP contribution in [0.25, 0.3) is 0 Å². The molecule has 1 aromatic heterocycles. The summed E-state index contributed by atoms with van der Waals surface area (Å²) in [7, 11) is 2.09. The molecular formula is C17H25F3N6O. The van der Waals surface area contributed by atoms with E-state index < -0.39 is 18.5 Å². The summed E-state index contributed by atoms with van der Waals surface area (Å²) in [5.74, 6) is 1.44. The summed E-state index contributed by atoms with van der Waals surface area (Å²) in [6, 6.07) is 1.94. The van der Waals surface area contributed by atoms with E-state index in [1.54, 1.807) is 0 Å². The van der Waals surface area contributed by atoms with Gasteiger partial charge in [-0.2, -0.15) is 13.2 Å². The van der Waals surface area contributed by atoms with Crippen molar-refractivity contribution in [2.45, 2.75) is 19.5 Å². The van der Waals surface area contributed by atoms with Gasteiger partial charge in [-0.3, -0.25) is 4.79 Å². The minimum Gasteiger partial charge on any atom is -0.354 e. The van der Waals surface area contributed by atoms with Crippen molar-refractivity contribution in [2.24, 2.45) is 0 Å². The number of nitrogens with zero attached hydrogens (tertiary/aromatic N) is 6. The normalized spacial score (nSPS) is 19.5. The smallest absolute Gasteiger partial charge is 0.354 e. The SMILES string of the molecule is Cc1nc(N2CCN(C)CC2)cc(N2CCN(C(=O)CC(F)(F)F)CC2)n1. The highest BCUT2D eigenvalue weighted by Gasteiger charge is 2.34. The maximum Gasteiger partial charge on any atom is 0.397 e. The summed E-state index contributed by atoms with van der Waals surface area (Å²) < 4.78 is 37.2. The number of amides is 1. The zero-order chi connectivity index (χ0) is 19.6. The first-order chi connectivity index (χ1) is 12.7. The van der Waals surface area contributed by atoms with Gasteiger partial charge in [0.25, 0.3) is 0 Å². The van der Waals surface area contributed by atoms with Crippen LogP contribution in [0.15, 0.2) is 6.07 Å². The monoisotopic (exact) mass is 386 g/mol. The van der Waals surface area contributed by atoms with E-state index in [9.17, 15) is 18.0 Å². The number of carbonyl (C=O) groups is 1. The van der Waals surface area contributed by atoms with E-state index in [-0.39, 0.29) is 13.1 Å². The number of piperazine rings is 2. The van der Waals surface area contributed by atoms with Gasteiger partial charge in [-0.15, -0.1) is 0 Å². The predicted octanol–water partition coefficient (Wildman–Crippen LogP) is 1.14. The molecule has 1 aromatic rings. The molecule has 2 saturated heterocycles. The average molecular weight is 386 g/mol. The van der Waals surface area contributed by atoms with E-state index in [0.717, 1.165) is 37.8 Å². The number of alkyl halides is 3. The second-order valence-electron chi connectivity index (χ2n) is 7.08. The van der Waals surface area contributed by atoms with Gasteiger partial charge in [0, 0.05) is 58.4 Å². The third-order valence-corrected chi connectivity index (χ3v) is 4.95. The van der Waals surface area contributed by atoms with Crippen LogP contribution in [0.4, 0.5) is 24.8 Å². The van der Waals surface area contributed by atoms with Crippen molar-refractivity contribution >= 4 is 17.5 Å². The van der Waals surface area contributed by atoms with Crippen LogP contribution < -0.4 is 9.80 Å². The van der Waals surface area contributed by atoms with E-state index in [2.05, 4.69) is 26.8 Å². The maximum atomic E-state index is 12.4. The number of aromatic nitrogens is 2. The maximum absolute atomic E-state index is 12.4. The van der Waals surface area contributed by atoms with Crippen molar-refractivity contribution < 1.29 is 18.0 Å². The molecule has 0 radical (unpaired) electrons. The Morgan fingerprint density at radius 2 is 1.44 bits per heavy atom. The van der Waals surface area contributed by atoms with Crippen molar-refractivity contribution in [3.05, 3.63) is 11.9 Å². The Hall–Kier alpha value is -2.10. The van der Waals surface area contributed by atoms with E-state index >= 15 is 0 Å². The Bertz CT molecular complexity index is 667. The molecule has 10 heteroatoms. The third kappa shape index (κ3) is 5.21. The van der Waals surface area contributed by atoms with Gasteiger partial charge in [-0.25, -0.2) is 9.97 Å². The molecule has 0 aromatic carbocycles. The number of aryl methyl sites for hydroxylation is 1. The Labute approximate surface area is 156 Å². The summed E-state index contributed by atoms with van der Waals surface area (Å²) in [5.41, 5.74) is 0. The minimum absolute atomic E-state index is 0.266. The molecule has 0 bridgehead atoms. The molecule has 0 spiro atoms. The Kier molecular flexibility index (Phi) is 5.73. The number of halogens is 3. The molecule has 27 heavy (non-hydrogen) atoms. The van der Waals surface area contributed by atoms with Crippen molar-refractivity contribution in [1.82, 2.24) is 19.8 Å². The largest absolute Gasteiger partial charge is 0.397 e. The van der Waals surface area contributed by atoms with Crippen LogP contribution in [0, 0.1) is 6.92 Å². The van der Waals surface area contributed by atoms with Gasteiger partial charge < -0.3 is 19.6 Å². The van der Waals surface area contributed by atoms with Gasteiger partial charge in [0.05, 0.1) is 0 Å². The Balaban J connectivity index is 1.63. The second-order valence-corrected chi connectivity index (χ2v) is 7.08. The molecular weight excluding hydrogens is 361 g/mol. The van der Waals surface area contributed by atoms with Gasteiger partial charge in [0.2, 0.25) is 5.91 Å². The quantitative estimate of drug-likeness (QED) is 0.777. The molecule has 7 nitrogen and oxygen atoms in total. The standard InChI is InChI=1S/C17H25F3N6O/c1-13-21-14(24-5-3-23(2)4-6-24)11-15(22-13)25-7-9-26(10-8-25)16(27)12-17(18,19)20/h11H,3-10,12H2,1-2H3. The summed E-state index contributed by atoms with van der Waals surface area (Å²) in [4.78, 5) is 28.6. The summed E-state index contributed by atoms with van der Waals surface area (Å²) in [6.07, 6.45) is -5.86. The first-order valence-electron chi connectivity index (χ1n) is 9.10. The zero-order valence-corrected chi connectivity index (χ0v) is 15.7. The molecule has 0 saturated carbocycles. The third-order valence-electron chi connectivity index (χ3n) is 4.95. The van der Waals surface area contributed by atoms with E-state index in [4.69, 9.17) is 0 Å². The lowest BCUT2D eigenvalue weighted by atomic mass is 10.2. The van der Waals surface area contributed by atoms with Crippen molar-refractivity contribution in [1.29, 1.82) is 0 Å². The molecule has 0 aliphatic carbocycles. The fourth-order valence-electron chi connectivity index (χ4n) is 3.36. The predicted molar refractivity (Wildman–Crippen MR) is 95.9 cm³/mol. The zero-order valence-electron chi connectivity index (χ0n) is 15.7. The van der Waals surface area contributed by atoms with Crippen molar-refractivity contribution in [3.8, 4) is 0 Å². The number of hydrogen-bond donors (Lipinski definition) is 0. The lowest BCUT2D eigenvalue weighted by Gasteiger charge is -2.37. The molecule has 3 rings (SSSR count). The lowest BCUT2D eigenvalue weighted by Crippen LogP contribution is -2.50. The highest BCUT2D eigenvalue weighted by Crippen LogP contribution is 2.23. The highest BCUT2D eigenvalue weighted by atomic mass is 19.4. The van der Waals surface area contributed by atoms with Crippen molar-refractivity contribution in [3.63, 3.8) is 0 Å². The lowest BCUT2D eigenvalue weighted by molar-refractivity contribution is -0.161. The molecule has 2 aliphatic rings. The Morgan fingerprint density at radius 3 is 1.93 bits per heavy atom. The minimum atomic E-state index is -4.46. The van der Waals surface area contributed by atoms with Gasteiger partial charge in [-0.05, 0) is 14.0 Å². The number of anilines is 2. The summed E-state index contributed by atoms with van der Waals surface area (Å²) in [6.45, 7) is 7.02. The molecule has 3 heterocycles. The molecule has 150 valence electrons.